The lowest BCUT2D eigenvalue weighted by atomic mass is 10.1. The lowest BCUT2D eigenvalue weighted by molar-refractivity contribution is 0.0462. The Hall–Kier alpha value is -2.37. The van der Waals surface area contributed by atoms with E-state index in [0.717, 1.165) is 43.0 Å². The maximum absolute atomic E-state index is 12.5. The number of ketones is 1. The maximum atomic E-state index is 12.5. The van der Waals surface area contributed by atoms with Crippen molar-refractivity contribution in [2.45, 2.75) is 58.5 Å². The van der Waals surface area contributed by atoms with Crippen molar-refractivity contribution in [3.05, 3.63) is 40.7 Å². The summed E-state index contributed by atoms with van der Waals surface area (Å²) in [6.45, 7) is 4.55. The van der Waals surface area contributed by atoms with Crippen LogP contribution in [0.5, 0.6) is 0 Å². The van der Waals surface area contributed by atoms with E-state index in [1.54, 1.807) is 6.20 Å². The zero-order chi connectivity index (χ0) is 17.6. The summed E-state index contributed by atoms with van der Waals surface area (Å²) in [5.41, 5.74) is 3.18. The molecule has 0 aromatic carbocycles. The number of aromatic nitrogens is 3. The van der Waals surface area contributed by atoms with Gasteiger partial charge < -0.3 is 13.9 Å². The van der Waals surface area contributed by atoms with Crippen molar-refractivity contribution in [3.63, 3.8) is 0 Å². The van der Waals surface area contributed by atoms with Crippen LogP contribution in [0, 0.1) is 13.8 Å². The van der Waals surface area contributed by atoms with Crippen LogP contribution >= 0.6 is 0 Å². The Bertz CT molecular complexity index is 842. The van der Waals surface area contributed by atoms with Crippen molar-refractivity contribution in [1.82, 2.24) is 14.1 Å². The van der Waals surface area contributed by atoms with Crippen LogP contribution in [0.25, 0.3) is 0 Å². The molecule has 0 atom stereocenters. The number of carbonyl (C=O) groups is 2. The molecule has 2 aromatic rings. The van der Waals surface area contributed by atoms with Gasteiger partial charge in [-0.3, -0.25) is 4.79 Å². The lowest BCUT2D eigenvalue weighted by Crippen LogP contribution is -2.20. The van der Waals surface area contributed by atoms with Crippen molar-refractivity contribution < 1.29 is 14.3 Å². The molecule has 2 aliphatic rings. The van der Waals surface area contributed by atoms with E-state index in [4.69, 9.17) is 4.74 Å². The first-order valence-corrected chi connectivity index (χ1v) is 8.99. The Morgan fingerprint density at radius 2 is 2.08 bits per heavy atom. The Morgan fingerprint density at radius 1 is 1.28 bits per heavy atom. The summed E-state index contributed by atoms with van der Waals surface area (Å²) in [4.78, 5) is 29.2. The molecule has 0 spiro atoms. The van der Waals surface area contributed by atoms with E-state index in [-0.39, 0.29) is 12.4 Å². The molecule has 1 saturated carbocycles. The minimum absolute atomic E-state index is 0.147. The van der Waals surface area contributed by atoms with Crippen molar-refractivity contribution >= 4 is 11.8 Å². The van der Waals surface area contributed by atoms with E-state index in [0.29, 0.717) is 17.3 Å². The van der Waals surface area contributed by atoms with Gasteiger partial charge >= 0.3 is 5.97 Å². The first kappa shape index (κ1) is 16.1. The molecular weight excluding hydrogens is 318 g/mol. The molecular formula is C19H23N3O3. The Balaban J connectivity index is 1.44. The van der Waals surface area contributed by atoms with E-state index in [2.05, 4.69) is 9.55 Å². The number of hydrogen-bond donors (Lipinski definition) is 0. The van der Waals surface area contributed by atoms with Gasteiger partial charge in [0.15, 0.2) is 6.61 Å². The highest BCUT2D eigenvalue weighted by molar-refractivity contribution is 6.00. The number of fused-ring (bicyclic) bond motifs is 1. The number of imidazole rings is 1. The van der Waals surface area contributed by atoms with Crippen LogP contribution in [0.4, 0.5) is 0 Å². The number of ether oxygens (including phenoxy) is 1. The fourth-order valence-electron chi connectivity index (χ4n) is 3.82. The number of hydrogen-bond acceptors (Lipinski definition) is 4. The van der Waals surface area contributed by atoms with Gasteiger partial charge in [-0.2, -0.15) is 0 Å². The highest BCUT2D eigenvalue weighted by Crippen LogP contribution is 2.38. The van der Waals surface area contributed by atoms with Crippen LogP contribution in [0.2, 0.25) is 0 Å². The van der Waals surface area contributed by atoms with Crippen molar-refractivity contribution in [2.24, 2.45) is 0 Å². The second-order valence-corrected chi connectivity index (χ2v) is 7.05. The third kappa shape index (κ3) is 2.90. The summed E-state index contributed by atoms with van der Waals surface area (Å²) in [7, 11) is 0. The molecule has 0 N–H and O–H groups in total. The van der Waals surface area contributed by atoms with Crippen LogP contribution in [-0.2, 0) is 17.7 Å². The second kappa shape index (κ2) is 6.17. The molecule has 6 heteroatoms. The zero-order valence-corrected chi connectivity index (χ0v) is 14.7. The summed E-state index contributed by atoms with van der Waals surface area (Å²) < 4.78 is 9.43. The first-order chi connectivity index (χ1) is 12.1. The normalized spacial score (nSPS) is 16.6. The topological polar surface area (TPSA) is 66.1 Å². The van der Waals surface area contributed by atoms with Crippen LogP contribution in [-0.4, -0.2) is 32.5 Å². The molecule has 2 aromatic heterocycles. The standard InChI is InChI=1S/C19H23N3O3/c1-12-9-15(13(2)22(12)14-6-7-14)17(23)11-25-19(24)16-10-20-18-5-3-4-8-21(16)18/h9-10,14H,3-8,11H2,1-2H3. The Kier molecular flexibility index (Phi) is 3.98. The van der Waals surface area contributed by atoms with E-state index in [1.807, 2.05) is 24.5 Å². The molecule has 25 heavy (non-hydrogen) atoms. The van der Waals surface area contributed by atoms with E-state index >= 15 is 0 Å². The van der Waals surface area contributed by atoms with Gasteiger partial charge in [-0.25, -0.2) is 9.78 Å². The average molecular weight is 341 g/mol. The molecule has 132 valence electrons. The zero-order valence-electron chi connectivity index (χ0n) is 14.7. The summed E-state index contributed by atoms with van der Waals surface area (Å²) in [5.74, 6) is 0.314. The van der Waals surface area contributed by atoms with Gasteiger partial charge in [0, 0.05) is 36.0 Å². The summed E-state index contributed by atoms with van der Waals surface area (Å²) >= 11 is 0. The third-order valence-electron chi connectivity index (χ3n) is 5.21. The van der Waals surface area contributed by atoms with Crippen LogP contribution in [0.3, 0.4) is 0 Å². The van der Waals surface area contributed by atoms with Gasteiger partial charge in [0.2, 0.25) is 5.78 Å². The second-order valence-electron chi connectivity index (χ2n) is 7.05. The summed E-state index contributed by atoms with van der Waals surface area (Å²) in [6, 6.07) is 2.44. The van der Waals surface area contributed by atoms with Crippen LogP contribution in [0.1, 0.15) is 69.8 Å². The maximum Gasteiger partial charge on any atom is 0.357 e. The van der Waals surface area contributed by atoms with Crippen molar-refractivity contribution in [3.8, 4) is 0 Å². The first-order valence-electron chi connectivity index (χ1n) is 8.99. The molecule has 4 rings (SSSR count). The molecule has 1 aliphatic heterocycles. The smallest absolute Gasteiger partial charge is 0.357 e. The quantitative estimate of drug-likeness (QED) is 0.619. The molecule has 3 heterocycles. The molecule has 0 saturated heterocycles. The van der Waals surface area contributed by atoms with Crippen molar-refractivity contribution in [1.29, 1.82) is 0 Å². The van der Waals surface area contributed by atoms with Gasteiger partial charge in [-0.15, -0.1) is 0 Å². The van der Waals surface area contributed by atoms with Gasteiger partial charge in [0.05, 0.1) is 6.20 Å². The molecule has 1 fully saturated rings. The molecule has 0 amide bonds. The Labute approximate surface area is 146 Å². The fraction of sp³-hybridized carbons (Fsp3) is 0.526. The molecule has 6 nitrogen and oxygen atoms in total. The molecule has 0 unspecified atom stereocenters. The van der Waals surface area contributed by atoms with Gasteiger partial charge in [0.25, 0.3) is 0 Å². The number of carbonyl (C=O) groups excluding carboxylic acids is 2. The molecule has 0 radical (unpaired) electrons. The third-order valence-corrected chi connectivity index (χ3v) is 5.21. The Morgan fingerprint density at radius 3 is 2.84 bits per heavy atom. The predicted molar refractivity (Wildman–Crippen MR) is 92.0 cm³/mol. The van der Waals surface area contributed by atoms with Gasteiger partial charge in [-0.1, -0.05) is 0 Å². The SMILES string of the molecule is Cc1cc(C(=O)COC(=O)c2cnc3n2CCCC3)c(C)n1C1CC1. The summed E-state index contributed by atoms with van der Waals surface area (Å²) in [5, 5.41) is 0. The highest BCUT2D eigenvalue weighted by atomic mass is 16.5. The lowest BCUT2D eigenvalue weighted by Gasteiger charge is -2.15. The molecule has 0 bridgehead atoms. The van der Waals surface area contributed by atoms with E-state index in [9.17, 15) is 9.59 Å². The molecule has 1 aliphatic carbocycles. The fourth-order valence-corrected chi connectivity index (χ4v) is 3.82. The van der Waals surface area contributed by atoms with E-state index < -0.39 is 5.97 Å². The van der Waals surface area contributed by atoms with Crippen molar-refractivity contribution in [2.75, 3.05) is 6.61 Å². The highest BCUT2D eigenvalue weighted by Gasteiger charge is 2.29. The minimum atomic E-state index is -0.468. The number of esters is 1. The van der Waals surface area contributed by atoms with Gasteiger partial charge in [-0.05, 0) is 45.6 Å². The summed E-state index contributed by atoms with van der Waals surface area (Å²) in [6.07, 6.45) is 6.93. The average Bonchev–Trinajstić information content (AvgIpc) is 3.26. The van der Waals surface area contributed by atoms with Crippen LogP contribution < -0.4 is 0 Å². The number of aryl methyl sites for hydroxylation is 2. The predicted octanol–water partition coefficient (Wildman–Crippen LogP) is 3.01. The van der Waals surface area contributed by atoms with Gasteiger partial charge in [0.1, 0.15) is 11.5 Å². The number of nitrogens with zero attached hydrogens (tertiary/aromatic N) is 3. The van der Waals surface area contributed by atoms with E-state index in [1.165, 1.54) is 12.8 Å². The monoisotopic (exact) mass is 341 g/mol. The number of Topliss-reactive ketones (excluding diaryl/α,β-unsaturated/α-hetero) is 1. The minimum Gasteiger partial charge on any atom is -0.453 e. The largest absolute Gasteiger partial charge is 0.453 e. The number of rotatable bonds is 5. The van der Waals surface area contributed by atoms with Crippen LogP contribution in [0.15, 0.2) is 12.3 Å².